The average molecular weight is 437 g/mol. The van der Waals surface area contributed by atoms with E-state index in [1.807, 2.05) is 6.92 Å². The summed E-state index contributed by atoms with van der Waals surface area (Å²) in [6.07, 6.45) is 5.24. The van der Waals surface area contributed by atoms with Crippen molar-refractivity contribution in [3.63, 3.8) is 0 Å². The number of rotatable bonds is 3. The number of ketones is 1. The minimum Gasteiger partial charge on any atom is -0.507 e. The monoisotopic (exact) mass is 436 g/mol. The molecule has 3 atom stereocenters. The number of fused-ring (bicyclic) bond motifs is 1. The van der Waals surface area contributed by atoms with Crippen molar-refractivity contribution in [1.82, 2.24) is 0 Å². The average Bonchev–Trinajstić information content (AvgIpc) is 2.66. The van der Waals surface area contributed by atoms with Gasteiger partial charge in [-0.05, 0) is 57.1 Å². The van der Waals surface area contributed by atoms with Gasteiger partial charge in [0.15, 0.2) is 5.78 Å². The number of aliphatic hydroxyl groups is 1. The zero-order valence-electron chi connectivity index (χ0n) is 17.8. The largest absolute Gasteiger partial charge is 0.507 e. The highest BCUT2D eigenvalue weighted by atomic mass is 32.2. The molecule has 1 saturated carbocycles. The molecule has 0 spiro atoms. The molecule has 1 fully saturated rings. The van der Waals surface area contributed by atoms with Crippen LogP contribution in [0, 0.1) is 0 Å². The summed E-state index contributed by atoms with van der Waals surface area (Å²) in [5, 5.41) is 21.3. The van der Waals surface area contributed by atoms with E-state index in [1.54, 1.807) is 17.8 Å². The zero-order valence-corrected chi connectivity index (χ0v) is 18.6. The van der Waals surface area contributed by atoms with Crippen molar-refractivity contribution >= 4 is 23.5 Å². The first-order valence-electron chi connectivity index (χ1n) is 10.8. The van der Waals surface area contributed by atoms with Crippen molar-refractivity contribution in [3.05, 3.63) is 23.3 Å². The second kappa shape index (κ2) is 10.5. The van der Waals surface area contributed by atoms with Gasteiger partial charge in [-0.1, -0.05) is 12.8 Å². The Morgan fingerprint density at radius 3 is 2.53 bits per heavy atom. The number of aromatic hydroxyl groups is 1. The van der Waals surface area contributed by atoms with E-state index < -0.39 is 18.2 Å². The lowest BCUT2D eigenvalue weighted by molar-refractivity contribution is -0.127. The number of hydrogen-bond donors (Lipinski definition) is 2. The Labute approximate surface area is 182 Å². The summed E-state index contributed by atoms with van der Waals surface area (Å²) in [5.74, 6) is -0.347. The van der Waals surface area contributed by atoms with Gasteiger partial charge in [-0.15, -0.1) is 0 Å². The fourth-order valence-corrected chi connectivity index (χ4v) is 5.80. The smallest absolute Gasteiger partial charge is 0.342 e. The molecule has 2 N–H and O–H groups in total. The van der Waals surface area contributed by atoms with E-state index in [0.29, 0.717) is 55.1 Å². The first-order valence-corrected chi connectivity index (χ1v) is 11.8. The summed E-state index contributed by atoms with van der Waals surface area (Å²) in [5.41, 5.74) is 0.835. The maximum absolute atomic E-state index is 12.9. The molecule has 166 valence electrons. The first-order chi connectivity index (χ1) is 14.4. The van der Waals surface area contributed by atoms with Crippen molar-refractivity contribution < 1.29 is 29.3 Å². The molecule has 30 heavy (non-hydrogen) atoms. The number of phenols is 1. The number of carbonyl (C=O) groups excluding carboxylic acids is 2. The van der Waals surface area contributed by atoms with Crippen LogP contribution in [0.25, 0.3) is 0 Å². The number of thioether (sulfide) groups is 1. The Morgan fingerprint density at radius 1 is 1.10 bits per heavy atom. The van der Waals surface area contributed by atoms with Crippen molar-refractivity contribution in [3.8, 4) is 11.5 Å². The summed E-state index contributed by atoms with van der Waals surface area (Å²) in [7, 11) is 1.51. The third-order valence-corrected chi connectivity index (χ3v) is 7.53. The first kappa shape index (κ1) is 22.9. The fraction of sp³-hybridized carbons (Fsp3) is 0.652. The zero-order chi connectivity index (χ0) is 21.7. The molecular weight excluding hydrogens is 404 g/mol. The number of aliphatic hydroxyl groups excluding tert-OH is 1. The number of carbonyl (C=O) groups is 2. The highest BCUT2D eigenvalue weighted by molar-refractivity contribution is 8.00. The predicted octanol–water partition coefficient (Wildman–Crippen LogP) is 4.04. The molecule has 3 unspecified atom stereocenters. The van der Waals surface area contributed by atoms with Gasteiger partial charge in [0.05, 0.1) is 7.11 Å². The topological polar surface area (TPSA) is 93.1 Å². The second-order valence-corrected chi connectivity index (χ2v) is 9.98. The van der Waals surface area contributed by atoms with Gasteiger partial charge in [0.25, 0.3) is 0 Å². The van der Waals surface area contributed by atoms with Gasteiger partial charge in [0.2, 0.25) is 0 Å². The summed E-state index contributed by atoms with van der Waals surface area (Å²) in [4.78, 5) is 25.4. The molecule has 6 nitrogen and oxygen atoms in total. The van der Waals surface area contributed by atoms with Gasteiger partial charge in [0, 0.05) is 23.0 Å². The molecule has 1 aliphatic heterocycles. The van der Waals surface area contributed by atoms with Gasteiger partial charge in [-0.2, -0.15) is 11.8 Å². The molecular formula is C23H32O6S. The predicted molar refractivity (Wildman–Crippen MR) is 116 cm³/mol. The molecule has 1 aliphatic carbocycles. The fourth-order valence-electron chi connectivity index (χ4n) is 4.01. The standard InChI is InChI=1S/C23H32O6S/c1-14-10-18(30-17-7-5-8-17)13-20(25)19(24)9-4-3-6-15-11-16(28-2)12-21(26)22(15)23(27)29-14/h11-12,14,17-19,24,26H,3-10,13H2,1-2H3. The van der Waals surface area contributed by atoms with E-state index >= 15 is 0 Å². The van der Waals surface area contributed by atoms with Crippen LogP contribution >= 0.6 is 11.8 Å². The quantitative estimate of drug-likeness (QED) is 0.691. The summed E-state index contributed by atoms with van der Waals surface area (Å²) in [6.45, 7) is 1.82. The van der Waals surface area contributed by atoms with Crippen LogP contribution < -0.4 is 4.74 Å². The Hall–Kier alpha value is -1.73. The number of cyclic esters (lactones) is 1. The van der Waals surface area contributed by atoms with E-state index in [-0.39, 0.29) is 22.3 Å². The van der Waals surface area contributed by atoms with Gasteiger partial charge in [0.1, 0.15) is 29.3 Å². The molecule has 3 rings (SSSR count). The van der Waals surface area contributed by atoms with Crippen LogP contribution in [0.2, 0.25) is 0 Å². The number of aryl methyl sites for hydroxylation is 1. The second-order valence-electron chi connectivity index (χ2n) is 8.38. The SMILES string of the molecule is COc1cc(O)c2c(c1)CCCCC(O)C(=O)CC(SC1CCC1)CC(C)OC2=O. The van der Waals surface area contributed by atoms with Crippen LogP contribution in [0.4, 0.5) is 0 Å². The third-order valence-electron chi connectivity index (χ3n) is 5.93. The number of benzene rings is 1. The van der Waals surface area contributed by atoms with Crippen LogP contribution in [-0.4, -0.2) is 51.8 Å². The number of Topliss-reactive ketones (excluding diaryl/α,β-unsaturated/α-hetero) is 1. The molecule has 1 heterocycles. The molecule has 0 bridgehead atoms. The normalized spacial score (nSPS) is 26.8. The Balaban J connectivity index is 1.83. The number of esters is 1. The van der Waals surface area contributed by atoms with E-state index in [4.69, 9.17) is 9.47 Å². The van der Waals surface area contributed by atoms with Gasteiger partial charge >= 0.3 is 5.97 Å². The highest BCUT2D eigenvalue weighted by Gasteiger charge is 2.29. The number of ether oxygens (including phenoxy) is 2. The van der Waals surface area contributed by atoms with Crippen molar-refractivity contribution in [2.24, 2.45) is 0 Å². The minimum absolute atomic E-state index is 0.00660. The lowest BCUT2D eigenvalue weighted by Crippen LogP contribution is -2.29. The Kier molecular flexibility index (Phi) is 8.06. The highest BCUT2D eigenvalue weighted by Crippen LogP contribution is 2.38. The molecule has 0 aromatic heterocycles. The number of phenolic OH excluding ortho intramolecular Hbond substituents is 1. The molecule has 7 heteroatoms. The van der Waals surface area contributed by atoms with Crippen LogP contribution in [0.5, 0.6) is 11.5 Å². The lowest BCUT2D eigenvalue weighted by atomic mass is 9.97. The van der Waals surface area contributed by atoms with Crippen LogP contribution in [-0.2, 0) is 16.0 Å². The van der Waals surface area contributed by atoms with Gasteiger partial charge < -0.3 is 19.7 Å². The molecule has 0 radical (unpaired) electrons. The summed E-state index contributed by atoms with van der Waals surface area (Å²) in [6, 6.07) is 3.16. The van der Waals surface area contributed by atoms with Crippen LogP contribution in [0.3, 0.4) is 0 Å². The summed E-state index contributed by atoms with van der Waals surface area (Å²) < 4.78 is 10.9. The van der Waals surface area contributed by atoms with Gasteiger partial charge in [-0.25, -0.2) is 4.79 Å². The molecule has 1 aromatic carbocycles. The van der Waals surface area contributed by atoms with E-state index in [9.17, 15) is 19.8 Å². The van der Waals surface area contributed by atoms with Crippen LogP contribution in [0.15, 0.2) is 12.1 Å². The molecule has 2 aliphatic rings. The van der Waals surface area contributed by atoms with Crippen molar-refractivity contribution in [2.75, 3.05) is 7.11 Å². The maximum Gasteiger partial charge on any atom is 0.342 e. The van der Waals surface area contributed by atoms with E-state index in [2.05, 4.69) is 0 Å². The molecule has 0 saturated heterocycles. The van der Waals surface area contributed by atoms with Crippen molar-refractivity contribution in [2.45, 2.75) is 87.4 Å². The molecule has 1 aromatic rings. The minimum atomic E-state index is -0.950. The number of methoxy groups -OCH3 is 1. The van der Waals surface area contributed by atoms with Crippen LogP contribution in [0.1, 0.15) is 74.2 Å². The number of hydrogen-bond acceptors (Lipinski definition) is 7. The lowest BCUT2D eigenvalue weighted by Gasteiger charge is -2.30. The Bertz CT molecular complexity index is 760. The Morgan fingerprint density at radius 2 is 1.87 bits per heavy atom. The van der Waals surface area contributed by atoms with E-state index in [1.165, 1.54) is 19.6 Å². The van der Waals surface area contributed by atoms with Gasteiger partial charge in [-0.3, -0.25) is 4.79 Å². The summed E-state index contributed by atoms with van der Waals surface area (Å²) >= 11 is 1.78. The molecule has 0 amide bonds. The third kappa shape index (κ3) is 5.91. The van der Waals surface area contributed by atoms with E-state index in [0.717, 1.165) is 12.8 Å². The van der Waals surface area contributed by atoms with Crippen molar-refractivity contribution in [1.29, 1.82) is 0 Å². The maximum atomic E-state index is 12.9.